The average molecular weight is 283 g/mol. The van der Waals surface area contributed by atoms with Gasteiger partial charge in [0.25, 0.3) is 0 Å². The summed E-state index contributed by atoms with van der Waals surface area (Å²) in [6.45, 7) is 4.78. The number of guanidine groups is 1. The number of benzene rings is 2. The number of aryl methyl sites for hydroxylation is 1. The largest absolute Gasteiger partial charge is 0.369 e. The fourth-order valence-electron chi connectivity index (χ4n) is 2.81. The van der Waals surface area contributed by atoms with Crippen molar-refractivity contribution in [2.75, 3.05) is 11.4 Å². The van der Waals surface area contributed by atoms with Crippen LogP contribution >= 0.6 is 0 Å². The predicted octanol–water partition coefficient (Wildman–Crippen LogP) is 3.32. The van der Waals surface area contributed by atoms with Crippen molar-refractivity contribution in [3.8, 4) is 0 Å². The van der Waals surface area contributed by atoms with Gasteiger partial charge in [0.2, 0.25) is 0 Å². The summed E-state index contributed by atoms with van der Waals surface area (Å²) >= 11 is 0. The summed E-state index contributed by atoms with van der Waals surface area (Å²) in [5, 5.41) is 0. The van der Waals surface area contributed by atoms with Gasteiger partial charge >= 0.3 is 0 Å². The van der Waals surface area contributed by atoms with Crippen molar-refractivity contribution < 1.29 is 4.39 Å². The second kappa shape index (κ2) is 5.20. The van der Waals surface area contributed by atoms with Crippen LogP contribution in [-0.2, 0) is 0 Å². The normalized spacial score (nSPS) is 18.0. The summed E-state index contributed by atoms with van der Waals surface area (Å²) in [7, 11) is 0. The van der Waals surface area contributed by atoms with Gasteiger partial charge in [0, 0.05) is 5.69 Å². The van der Waals surface area contributed by atoms with E-state index in [0.29, 0.717) is 12.5 Å². The highest BCUT2D eigenvalue weighted by Gasteiger charge is 2.30. The molecule has 2 aromatic carbocycles. The fourth-order valence-corrected chi connectivity index (χ4v) is 2.81. The Bertz CT molecular complexity index is 709. The monoisotopic (exact) mass is 283 g/mol. The Morgan fingerprint density at radius 2 is 1.95 bits per heavy atom. The number of halogens is 1. The number of nitrogens with zero attached hydrogens (tertiary/aromatic N) is 2. The van der Waals surface area contributed by atoms with Crippen LogP contribution in [0.25, 0.3) is 0 Å². The fraction of sp³-hybridized carbons (Fsp3) is 0.235. The first kappa shape index (κ1) is 13.6. The summed E-state index contributed by atoms with van der Waals surface area (Å²) in [4.78, 5) is 6.26. The van der Waals surface area contributed by atoms with Crippen molar-refractivity contribution >= 4 is 11.6 Å². The van der Waals surface area contributed by atoms with E-state index in [1.807, 2.05) is 17.0 Å². The lowest BCUT2D eigenvalue weighted by molar-refractivity contribution is 0.626. The summed E-state index contributed by atoms with van der Waals surface area (Å²) in [6, 6.07) is 12.7. The Labute approximate surface area is 123 Å². The third-order valence-corrected chi connectivity index (χ3v) is 4.08. The van der Waals surface area contributed by atoms with E-state index in [1.54, 1.807) is 6.07 Å². The van der Waals surface area contributed by atoms with Gasteiger partial charge in [-0.25, -0.2) is 4.39 Å². The molecule has 108 valence electrons. The molecule has 0 aliphatic carbocycles. The van der Waals surface area contributed by atoms with Gasteiger partial charge < -0.3 is 10.6 Å². The van der Waals surface area contributed by atoms with Crippen LogP contribution < -0.4 is 10.6 Å². The van der Waals surface area contributed by atoms with E-state index in [1.165, 1.54) is 28.8 Å². The lowest BCUT2D eigenvalue weighted by Gasteiger charge is -2.28. The lowest BCUT2D eigenvalue weighted by atomic mass is 9.96. The summed E-state index contributed by atoms with van der Waals surface area (Å²) < 4.78 is 13.5. The molecule has 1 aliphatic heterocycles. The van der Waals surface area contributed by atoms with E-state index >= 15 is 0 Å². The maximum Gasteiger partial charge on any atom is 0.196 e. The van der Waals surface area contributed by atoms with Crippen molar-refractivity contribution in [3.05, 3.63) is 65.0 Å². The van der Waals surface area contributed by atoms with E-state index in [-0.39, 0.29) is 11.9 Å². The maximum atomic E-state index is 13.5. The van der Waals surface area contributed by atoms with Crippen molar-refractivity contribution in [1.29, 1.82) is 0 Å². The van der Waals surface area contributed by atoms with Crippen LogP contribution in [0, 0.1) is 19.7 Å². The van der Waals surface area contributed by atoms with Crippen LogP contribution in [0.15, 0.2) is 47.5 Å². The highest BCUT2D eigenvalue weighted by atomic mass is 19.1. The van der Waals surface area contributed by atoms with E-state index in [4.69, 9.17) is 5.73 Å². The zero-order valence-corrected chi connectivity index (χ0v) is 12.2. The molecule has 0 saturated carbocycles. The van der Waals surface area contributed by atoms with Crippen molar-refractivity contribution in [2.45, 2.75) is 19.9 Å². The third kappa shape index (κ3) is 2.37. The van der Waals surface area contributed by atoms with Crippen LogP contribution in [0.1, 0.15) is 22.7 Å². The first-order valence-electron chi connectivity index (χ1n) is 6.99. The molecule has 0 bridgehead atoms. The number of rotatable bonds is 2. The van der Waals surface area contributed by atoms with Gasteiger partial charge in [0.05, 0.1) is 12.6 Å². The smallest absolute Gasteiger partial charge is 0.196 e. The minimum absolute atomic E-state index is 0.0201. The van der Waals surface area contributed by atoms with Crippen LogP contribution in [-0.4, -0.2) is 12.5 Å². The molecule has 0 amide bonds. The van der Waals surface area contributed by atoms with E-state index in [2.05, 4.69) is 31.0 Å². The topological polar surface area (TPSA) is 41.6 Å². The molecule has 0 radical (unpaired) electrons. The van der Waals surface area contributed by atoms with Crippen LogP contribution in [0.3, 0.4) is 0 Å². The Morgan fingerprint density at radius 3 is 2.71 bits per heavy atom. The van der Waals surface area contributed by atoms with Gasteiger partial charge in [0.1, 0.15) is 5.82 Å². The molecular formula is C17H18FN3. The molecule has 0 saturated heterocycles. The Kier molecular flexibility index (Phi) is 3.37. The standard InChI is InChI=1S/C17H18FN3/c1-11-5-3-8-15(12(11)2)16-10-20-17(19)21(16)14-7-4-6-13(18)9-14/h3-9,16H,10H2,1-2H3,(H2,19,20). The van der Waals surface area contributed by atoms with Gasteiger partial charge in [-0.05, 0) is 48.7 Å². The molecule has 4 heteroatoms. The number of hydrogen-bond donors (Lipinski definition) is 1. The second-order valence-electron chi connectivity index (χ2n) is 5.35. The number of anilines is 1. The molecule has 1 aliphatic rings. The molecule has 2 N–H and O–H groups in total. The second-order valence-corrected chi connectivity index (χ2v) is 5.35. The maximum absolute atomic E-state index is 13.5. The van der Waals surface area contributed by atoms with Gasteiger partial charge in [-0.3, -0.25) is 4.99 Å². The zero-order chi connectivity index (χ0) is 15.0. The van der Waals surface area contributed by atoms with E-state index in [0.717, 1.165) is 5.69 Å². The molecule has 3 rings (SSSR count). The lowest BCUT2D eigenvalue weighted by Crippen LogP contribution is -2.36. The van der Waals surface area contributed by atoms with Gasteiger partial charge in [-0.15, -0.1) is 0 Å². The minimum atomic E-state index is -0.271. The number of hydrogen-bond acceptors (Lipinski definition) is 3. The average Bonchev–Trinajstić information content (AvgIpc) is 2.83. The first-order chi connectivity index (χ1) is 10.1. The number of aliphatic imine (C=N–C) groups is 1. The zero-order valence-electron chi connectivity index (χ0n) is 12.2. The summed E-state index contributed by atoms with van der Waals surface area (Å²) in [5.41, 5.74) is 10.4. The Hall–Kier alpha value is -2.36. The summed E-state index contributed by atoms with van der Waals surface area (Å²) in [6.07, 6.45) is 0. The Balaban J connectivity index is 2.05. The molecule has 1 unspecified atom stereocenters. The molecule has 2 aromatic rings. The highest BCUT2D eigenvalue weighted by Crippen LogP contribution is 2.33. The summed E-state index contributed by atoms with van der Waals surface area (Å²) in [5.74, 6) is 0.165. The van der Waals surface area contributed by atoms with Gasteiger partial charge in [-0.2, -0.15) is 0 Å². The molecule has 1 atom stereocenters. The van der Waals surface area contributed by atoms with Crippen LogP contribution in [0.4, 0.5) is 10.1 Å². The molecule has 3 nitrogen and oxygen atoms in total. The molecule has 1 heterocycles. The molecule has 0 spiro atoms. The van der Waals surface area contributed by atoms with E-state index in [9.17, 15) is 4.39 Å². The Morgan fingerprint density at radius 1 is 1.19 bits per heavy atom. The van der Waals surface area contributed by atoms with Crippen LogP contribution in [0.2, 0.25) is 0 Å². The number of nitrogens with two attached hydrogens (primary N) is 1. The molecule has 0 fully saturated rings. The van der Waals surface area contributed by atoms with Gasteiger partial charge in [0.15, 0.2) is 5.96 Å². The molecule has 21 heavy (non-hydrogen) atoms. The van der Waals surface area contributed by atoms with Crippen molar-refractivity contribution in [1.82, 2.24) is 0 Å². The molecule has 0 aromatic heterocycles. The highest BCUT2D eigenvalue weighted by molar-refractivity contribution is 5.97. The van der Waals surface area contributed by atoms with Gasteiger partial charge in [-0.1, -0.05) is 24.3 Å². The van der Waals surface area contributed by atoms with Crippen molar-refractivity contribution in [3.63, 3.8) is 0 Å². The SMILES string of the molecule is Cc1cccc(C2CN=C(N)N2c2cccc(F)c2)c1C. The minimum Gasteiger partial charge on any atom is -0.369 e. The molecular weight excluding hydrogens is 265 g/mol. The van der Waals surface area contributed by atoms with Crippen molar-refractivity contribution in [2.24, 2.45) is 10.7 Å². The third-order valence-electron chi connectivity index (χ3n) is 4.08. The quantitative estimate of drug-likeness (QED) is 0.918. The van der Waals surface area contributed by atoms with E-state index < -0.39 is 0 Å². The predicted molar refractivity (Wildman–Crippen MR) is 84.0 cm³/mol. The van der Waals surface area contributed by atoms with Crippen LogP contribution in [0.5, 0.6) is 0 Å². The first-order valence-corrected chi connectivity index (χ1v) is 6.99.